The molecule has 246 valence electrons. The largest absolute Gasteiger partial charge is 0.454 e. The molecule has 2 aliphatic rings. The van der Waals surface area contributed by atoms with Crippen LogP contribution in [0.1, 0.15) is 93.1 Å². The van der Waals surface area contributed by atoms with Gasteiger partial charge in [-0.1, -0.05) is 12.1 Å². The molecule has 46 heavy (non-hydrogen) atoms. The number of esters is 1. The molecule has 1 saturated heterocycles. The van der Waals surface area contributed by atoms with Crippen LogP contribution in [0, 0.1) is 12.7 Å². The second kappa shape index (κ2) is 14.8. The predicted molar refractivity (Wildman–Crippen MR) is 161 cm³/mol. The minimum Gasteiger partial charge on any atom is -0.454 e. The van der Waals surface area contributed by atoms with Crippen LogP contribution in [0.5, 0.6) is 0 Å². The highest BCUT2D eigenvalue weighted by molar-refractivity contribution is 5.87. The zero-order valence-electron chi connectivity index (χ0n) is 26.0. The van der Waals surface area contributed by atoms with E-state index >= 15 is 0 Å². The highest BCUT2D eigenvalue weighted by Crippen LogP contribution is 2.33. The molecule has 2 amide bonds. The number of nitrogens with zero attached hydrogens (tertiary/aromatic N) is 5. The van der Waals surface area contributed by atoms with Gasteiger partial charge >= 0.3 is 11.9 Å². The van der Waals surface area contributed by atoms with Gasteiger partial charge in [0.2, 0.25) is 0 Å². The van der Waals surface area contributed by atoms with Crippen LogP contribution in [0.3, 0.4) is 0 Å². The van der Waals surface area contributed by atoms with Crippen molar-refractivity contribution in [1.29, 1.82) is 0 Å². The number of rotatable bonds is 11. The monoisotopic (exact) mass is 639 g/mol. The number of hydroxylamine groups is 2. The van der Waals surface area contributed by atoms with Crippen molar-refractivity contribution in [3.63, 3.8) is 0 Å². The number of fused-ring (bicyclic) bond motifs is 2. The summed E-state index contributed by atoms with van der Waals surface area (Å²) >= 11 is 0. The lowest BCUT2D eigenvalue weighted by atomic mass is 9.91. The van der Waals surface area contributed by atoms with Crippen molar-refractivity contribution in [2.75, 3.05) is 19.6 Å². The standard InChI is InChI=1S/C32H38FN5O8/c1-3-5-27(40)38(19-39)46-29(42)10-9-28(41)44-25-6-4-14-37-31(25)34-20(2)23(32(37)43)13-17-36-15-11-21(12-16-36)30-24-8-7-22(33)18-26(24)45-35-30/h7-8,18-19,21,25H,3-6,9-17H2,1-2H3. The highest BCUT2D eigenvalue weighted by atomic mass is 19.1. The summed E-state index contributed by atoms with van der Waals surface area (Å²) in [7, 11) is 0. The van der Waals surface area contributed by atoms with Crippen molar-refractivity contribution in [3.8, 4) is 0 Å². The number of aryl methyl sites for hydroxylation is 1. The maximum Gasteiger partial charge on any atom is 0.333 e. The molecular formula is C32H38FN5O8. The quantitative estimate of drug-likeness (QED) is 0.172. The minimum atomic E-state index is -0.917. The van der Waals surface area contributed by atoms with Gasteiger partial charge in [0.25, 0.3) is 17.9 Å². The smallest absolute Gasteiger partial charge is 0.333 e. The summed E-state index contributed by atoms with van der Waals surface area (Å²) in [4.78, 5) is 72.8. The van der Waals surface area contributed by atoms with Crippen LogP contribution < -0.4 is 5.56 Å². The molecule has 0 bridgehead atoms. The summed E-state index contributed by atoms with van der Waals surface area (Å²) in [6.07, 6.45) is 2.54. The van der Waals surface area contributed by atoms with Gasteiger partial charge in [-0.3, -0.25) is 23.7 Å². The molecule has 0 N–H and O–H groups in total. The molecule has 1 aromatic carbocycles. The van der Waals surface area contributed by atoms with Crippen molar-refractivity contribution in [2.45, 2.75) is 90.2 Å². The topological polar surface area (TPSA) is 154 Å². The second-order valence-corrected chi connectivity index (χ2v) is 11.7. The molecular weight excluding hydrogens is 601 g/mol. The fraction of sp³-hybridized carbons (Fsp3) is 0.531. The van der Waals surface area contributed by atoms with Crippen molar-refractivity contribution < 1.29 is 37.7 Å². The van der Waals surface area contributed by atoms with Gasteiger partial charge in [0.15, 0.2) is 17.5 Å². The number of amides is 2. The number of carbonyl (C=O) groups excluding carboxylic acids is 4. The Morgan fingerprint density at radius 3 is 2.61 bits per heavy atom. The minimum absolute atomic E-state index is 0.0364. The fourth-order valence-electron chi connectivity index (χ4n) is 6.10. The molecule has 13 nitrogen and oxygen atoms in total. The Morgan fingerprint density at radius 2 is 1.87 bits per heavy atom. The summed E-state index contributed by atoms with van der Waals surface area (Å²) in [5.41, 5.74) is 2.39. The molecule has 1 unspecified atom stereocenters. The normalized spacial score (nSPS) is 17.0. The maximum absolute atomic E-state index is 13.5. The average Bonchev–Trinajstić information content (AvgIpc) is 3.46. The van der Waals surface area contributed by atoms with Crippen molar-refractivity contribution in [3.05, 3.63) is 57.1 Å². The molecule has 0 spiro atoms. The van der Waals surface area contributed by atoms with E-state index in [1.54, 1.807) is 24.5 Å². The number of aromatic nitrogens is 3. The Morgan fingerprint density at radius 1 is 1.11 bits per heavy atom. The lowest BCUT2D eigenvalue weighted by Crippen LogP contribution is -2.38. The van der Waals surface area contributed by atoms with Gasteiger partial charge in [-0.2, -0.15) is 0 Å². The Bertz CT molecular complexity index is 1660. The summed E-state index contributed by atoms with van der Waals surface area (Å²) in [6, 6.07) is 4.49. The first-order valence-electron chi connectivity index (χ1n) is 15.7. The van der Waals surface area contributed by atoms with E-state index in [0.717, 1.165) is 37.0 Å². The van der Waals surface area contributed by atoms with Crippen molar-refractivity contribution in [2.24, 2.45) is 0 Å². The number of likely N-dealkylation sites (tertiary alicyclic amines) is 1. The Labute approximate surface area is 264 Å². The van der Waals surface area contributed by atoms with Gasteiger partial charge in [0, 0.05) is 48.1 Å². The van der Waals surface area contributed by atoms with E-state index in [1.807, 2.05) is 0 Å². The third kappa shape index (κ3) is 7.49. The first-order valence-corrected chi connectivity index (χ1v) is 15.7. The Hall–Kier alpha value is -4.46. The van der Waals surface area contributed by atoms with E-state index in [9.17, 15) is 28.4 Å². The van der Waals surface area contributed by atoms with Crippen LogP contribution in [0.25, 0.3) is 11.0 Å². The molecule has 4 heterocycles. The molecule has 1 fully saturated rings. The predicted octanol–water partition coefficient (Wildman–Crippen LogP) is 3.66. The lowest BCUT2D eigenvalue weighted by molar-refractivity contribution is -0.197. The van der Waals surface area contributed by atoms with E-state index in [4.69, 9.17) is 14.1 Å². The molecule has 0 saturated carbocycles. The molecule has 0 radical (unpaired) electrons. The number of hydrogen-bond acceptors (Lipinski definition) is 11. The van der Waals surface area contributed by atoms with Crippen LogP contribution in [0.15, 0.2) is 27.5 Å². The van der Waals surface area contributed by atoms with Crippen LogP contribution in [-0.2, 0) is 41.7 Å². The molecule has 2 aliphatic heterocycles. The molecule has 0 aliphatic carbocycles. The van der Waals surface area contributed by atoms with Gasteiger partial charge < -0.3 is 19.0 Å². The lowest BCUT2D eigenvalue weighted by Gasteiger charge is -2.31. The summed E-state index contributed by atoms with van der Waals surface area (Å²) in [5.74, 6) is -2.01. The maximum atomic E-state index is 13.5. The van der Waals surface area contributed by atoms with Gasteiger partial charge in [-0.05, 0) is 70.7 Å². The zero-order valence-corrected chi connectivity index (χ0v) is 26.0. The molecule has 3 aromatic rings. The van der Waals surface area contributed by atoms with Crippen LogP contribution in [0.2, 0.25) is 0 Å². The summed E-state index contributed by atoms with van der Waals surface area (Å²) in [5, 5.41) is 5.40. The fourth-order valence-corrected chi connectivity index (χ4v) is 6.10. The van der Waals surface area contributed by atoms with E-state index in [-0.39, 0.29) is 43.0 Å². The van der Waals surface area contributed by atoms with Gasteiger partial charge in [0.1, 0.15) is 5.82 Å². The summed E-state index contributed by atoms with van der Waals surface area (Å²) < 4.78 is 26.1. The third-order valence-electron chi connectivity index (χ3n) is 8.56. The number of piperidine rings is 1. The SMILES string of the molecule is CCCC(=O)N(C=O)OC(=O)CCC(=O)OC1CCCn2c1nc(C)c(CCN1CCC(c3noc4cc(F)ccc34)CC1)c2=O. The third-order valence-corrected chi connectivity index (χ3v) is 8.56. The number of hydrogen-bond donors (Lipinski definition) is 0. The molecule has 14 heteroatoms. The first kappa shape index (κ1) is 32.9. The Balaban J connectivity index is 1.14. The van der Waals surface area contributed by atoms with Crippen LogP contribution >= 0.6 is 0 Å². The van der Waals surface area contributed by atoms with Gasteiger partial charge in [-0.25, -0.2) is 14.2 Å². The zero-order chi connectivity index (χ0) is 32.8. The van der Waals surface area contributed by atoms with E-state index in [0.29, 0.717) is 66.5 Å². The number of ether oxygens (including phenoxy) is 1. The highest BCUT2D eigenvalue weighted by Gasteiger charge is 2.30. The summed E-state index contributed by atoms with van der Waals surface area (Å²) in [6.45, 7) is 6.33. The Kier molecular flexibility index (Phi) is 10.6. The number of carbonyl (C=O) groups is 4. The second-order valence-electron chi connectivity index (χ2n) is 11.7. The number of benzene rings is 1. The van der Waals surface area contributed by atoms with Crippen LogP contribution in [0.4, 0.5) is 4.39 Å². The molecule has 5 rings (SSSR count). The van der Waals surface area contributed by atoms with E-state index < -0.39 is 23.9 Å². The molecule has 2 aromatic heterocycles. The van der Waals surface area contributed by atoms with E-state index in [2.05, 4.69) is 15.0 Å². The van der Waals surface area contributed by atoms with Crippen molar-refractivity contribution >= 4 is 35.2 Å². The van der Waals surface area contributed by atoms with Gasteiger partial charge in [-0.15, -0.1) is 5.06 Å². The number of halogens is 1. The number of imide groups is 1. The first-order chi connectivity index (χ1) is 22.2. The van der Waals surface area contributed by atoms with Crippen LogP contribution in [-0.4, -0.2) is 68.6 Å². The van der Waals surface area contributed by atoms with Crippen molar-refractivity contribution in [1.82, 2.24) is 24.7 Å². The molecule has 1 atom stereocenters. The van der Waals surface area contributed by atoms with E-state index in [1.165, 1.54) is 12.1 Å². The van der Waals surface area contributed by atoms with Gasteiger partial charge in [0.05, 0.1) is 18.5 Å². The average molecular weight is 640 g/mol.